The third kappa shape index (κ3) is 6.27. The Morgan fingerprint density at radius 2 is 1.74 bits per heavy atom. The number of nitrogens with zero attached hydrogens (tertiary/aromatic N) is 3. The number of benzene rings is 2. The number of esters is 1. The first-order chi connectivity index (χ1) is 16.9. The van der Waals surface area contributed by atoms with Gasteiger partial charge in [-0.1, -0.05) is 23.7 Å². The summed E-state index contributed by atoms with van der Waals surface area (Å²) < 4.78 is 34.0. The van der Waals surface area contributed by atoms with Gasteiger partial charge in [0.05, 0.1) is 17.6 Å². The minimum Gasteiger partial charge on any atom is -0.465 e. The van der Waals surface area contributed by atoms with Crippen LogP contribution in [0.3, 0.4) is 0 Å². The number of ether oxygens (including phenoxy) is 1. The van der Waals surface area contributed by atoms with E-state index in [2.05, 4.69) is 9.88 Å². The molecule has 0 bridgehead atoms. The minimum atomic E-state index is -3.80. The summed E-state index contributed by atoms with van der Waals surface area (Å²) in [5.41, 5.74) is 2.36. The second kappa shape index (κ2) is 11.3. The molecule has 0 N–H and O–H groups in total. The Labute approximate surface area is 211 Å². The van der Waals surface area contributed by atoms with E-state index in [0.717, 1.165) is 37.1 Å². The Morgan fingerprint density at radius 3 is 2.40 bits per heavy atom. The molecule has 1 fully saturated rings. The van der Waals surface area contributed by atoms with Crippen molar-refractivity contribution in [3.8, 4) is 0 Å². The Morgan fingerprint density at radius 1 is 1.06 bits per heavy atom. The van der Waals surface area contributed by atoms with E-state index in [0.29, 0.717) is 17.1 Å². The van der Waals surface area contributed by atoms with E-state index in [-0.39, 0.29) is 17.5 Å². The van der Waals surface area contributed by atoms with Crippen LogP contribution >= 0.6 is 11.6 Å². The van der Waals surface area contributed by atoms with Gasteiger partial charge >= 0.3 is 5.97 Å². The fourth-order valence-corrected chi connectivity index (χ4v) is 6.11. The highest BCUT2D eigenvalue weighted by atomic mass is 35.5. The molecule has 9 heteroatoms. The molecule has 35 heavy (non-hydrogen) atoms. The molecule has 1 aliphatic heterocycles. The van der Waals surface area contributed by atoms with Crippen molar-refractivity contribution in [3.05, 3.63) is 94.8 Å². The van der Waals surface area contributed by atoms with Gasteiger partial charge in [0.2, 0.25) is 10.0 Å². The van der Waals surface area contributed by atoms with Gasteiger partial charge in [0.15, 0.2) is 0 Å². The number of rotatable bonds is 8. The van der Waals surface area contributed by atoms with Gasteiger partial charge in [0, 0.05) is 43.1 Å². The third-order valence-corrected chi connectivity index (χ3v) is 8.34. The lowest BCUT2D eigenvalue weighted by atomic mass is 10.0. The van der Waals surface area contributed by atoms with E-state index in [1.54, 1.807) is 65.2 Å². The SMILES string of the molecule is COC(=O)c1ccc(CN(C2CCCN(Cc3ccncc3)C2)S(=O)(=O)c2ccc(Cl)cc2)cc1. The molecule has 0 radical (unpaired) electrons. The highest BCUT2D eigenvalue weighted by molar-refractivity contribution is 7.89. The number of hydrogen-bond donors (Lipinski definition) is 0. The second-order valence-corrected chi connectivity index (χ2v) is 10.9. The summed E-state index contributed by atoms with van der Waals surface area (Å²) >= 11 is 6.01. The van der Waals surface area contributed by atoms with Gasteiger partial charge in [-0.15, -0.1) is 0 Å². The van der Waals surface area contributed by atoms with E-state index in [4.69, 9.17) is 16.3 Å². The molecule has 1 saturated heterocycles. The largest absolute Gasteiger partial charge is 0.465 e. The van der Waals surface area contributed by atoms with Crippen molar-refractivity contribution in [3.63, 3.8) is 0 Å². The zero-order chi connectivity index (χ0) is 24.8. The maximum absolute atomic E-state index is 13.8. The molecule has 1 atom stereocenters. The molecule has 0 amide bonds. The van der Waals surface area contributed by atoms with Gasteiger partial charge in [-0.25, -0.2) is 13.2 Å². The molecule has 1 aliphatic rings. The van der Waals surface area contributed by atoms with Crippen LogP contribution < -0.4 is 0 Å². The summed E-state index contributed by atoms with van der Waals surface area (Å²) in [6.07, 6.45) is 5.20. The summed E-state index contributed by atoms with van der Waals surface area (Å²) in [6.45, 7) is 2.46. The molecule has 1 unspecified atom stereocenters. The highest BCUT2D eigenvalue weighted by Gasteiger charge is 2.34. The number of carbonyl (C=O) groups excluding carboxylic acids is 1. The number of likely N-dealkylation sites (tertiary alicyclic amines) is 1. The van der Waals surface area contributed by atoms with E-state index in [1.165, 1.54) is 7.11 Å². The summed E-state index contributed by atoms with van der Waals surface area (Å²) in [5, 5.41) is 0.482. The molecule has 3 aromatic rings. The van der Waals surface area contributed by atoms with Crippen LogP contribution in [-0.4, -0.2) is 54.8 Å². The molecule has 7 nitrogen and oxygen atoms in total. The molecule has 2 heterocycles. The van der Waals surface area contributed by atoms with Crippen molar-refractivity contribution < 1.29 is 17.9 Å². The van der Waals surface area contributed by atoms with Crippen LogP contribution in [-0.2, 0) is 27.8 Å². The van der Waals surface area contributed by atoms with Gasteiger partial charge in [0.1, 0.15) is 0 Å². The average Bonchev–Trinajstić information content (AvgIpc) is 2.88. The van der Waals surface area contributed by atoms with Gasteiger partial charge in [-0.3, -0.25) is 9.88 Å². The number of methoxy groups -OCH3 is 1. The van der Waals surface area contributed by atoms with Crippen molar-refractivity contribution in [1.82, 2.24) is 14.2 Å². The molecule has 0 aliphatic carbocycles. The molecular weight excluding hydrogens is 486 g/mol. The number of aromatic nitrogens is 1. The first-order valence-electron chi connectivity index (χ1n) is 11.4. The Bertz CT molecular complexity index is 1240. The van der Waals surface area contributed by atoms with E-state index in [1.807, 2.05) is 12.1 Å². The highest BCUT2D eigenvalue weighted by Crippen LogP contribution is 2.27. The Hall–Kier alpha value is -2.78. The average molecular weight is 514 g/mol. The van der Waals surface area contributed by atoms with Crippen LogP contribution in [0.5, 0.6) is 0 Å². The summed E-state index contributed by atoms with van der Waals surface area (Å²) in [6, 6.07) is 16.9. The zero-order valence-corrected chi connectivity index (χ0v) is 21.1. The van der Waals surface area contributed by atoms with Crippen LogP contribution in [0.25, 0.3) is 0 Å². The van der Waals surface area contributed by atoms with Crippen LogP contribution in [0.15, 0.2) is 78.0 Å². The van der Waals surface area contributed by atoms with E-state index >= 15 is 0 Å². The van der Waals surface area contributed by atoms with Gasteiger partial charge < -0.3 is 4.74 Å². The number of carbonyl (C=O) groups is 1. The molecule has 0 saturated carbocycles. The Kier molecular flexibility index (Phi) is 8.18. The lowest BCUT2D eigenvalue weighted by Crippen LogP contribution is -2.49. The van der Waals surface area contributed by atoms with Crippen molar-refractivity contribution >= 4 is 27.6 Å². The summed E-state index contributed by atoms with van der Waals surface area (Å²) in [7, 11) is -2.47. The van der Waals surface area contributed by atoms with Crippen LogP contribution in [0.2, 0.25) is 5.02 Å². The lowest BCUT2D eigenvalue weighted by Gasteiger charge is -2.38. The van der Waals surface area contributed by atoms with E-state index in [9.17, 15) is 13.2 Å². The fourth-order valence-electron chi connectivity index (χ4n) is 4.35. The first-order valence-corrected chi connectivity index (χ1v) is 13.2. The van der Waals surface area contributed by atoms with E-state index < -0.39 is 16.0 Å². The van der Waals surface area contributed by atoms with Crippen molar-refractivity contribution in [2.24, 2.45) is 0 Å². The van der Waals surface area contributed by atoms with Gasteiger partial charge in [-0.2, -0.15) is 4.31 Å². The van der Waals surface area contributed by atoms with Crippen LogP contribution in [0, 0.1) is 0 Å². The number of halogens is 1. The molecule has 0 spiro atoms. The summed E-state index contributed by atoms with van der Waals surface area (Å²) in [5.74, 6) is -0.429. The van der Waals surface area contributed by atoms with Crippen molar-refractivity contribution in [1.29, 1.82) is 0 Å². The maximum Gasteiger partial charge on any atom is 0.337 e. The molecule has 1 aromatic heterocycles. The Balaban J connectivity index is 1.61. The van der Waals surface area contributed by atoms with Crippen molar-refractivity contribution in [2.75, 3.05) is 20.2 Å². The zero-order valence-electron chi connectivity index (χ0n) is 19.5. The normalized spacial score (nSPS) is 16.8. The van der Waals surface area contributed by atoms with Crippen LogP contribution in [0.1, 0.15) is 34.3 Å². The predicted molar refractivity (Wildman–Crippen MR) is 134 cm³/mol. The third-order valence-electron chi connectivity index (χ3n) is 6.18. The van der Waals surface area contributed by atoms with Crippen LogP contribution in [0.4, 0.5) is 0 Å². The molecule has 2 aromatic carbocycles. The monoisotopic (exact) mass is 513 g/mol. The number of pyridine rings is 1. The first kappa shape index (κ1) is 25.3. The topological polar surface area (TPSA) is 79.8 Å². The smallest absolute Gasteiger partial charge is 0.337 e. The second-order valence-electron chi connectivity index (χ2n) is 8.58. The van der Waals surface area contributed by atoms with Gasteiger partial charge in [0.25, 0.3) is 0 Å². The number of piperidine rings is 1. The molecule has 4 rings (SSSR count). The number of hydrogen-bond acceptors (Lipinski definition) is 6. The molecular formula is C26H28ClN3O4S. The number of sulfonamides is 1. The summed E-state index contributed by atoms with van der Waals surface area (Å²) in [4.78, 5) is 18.4. The minimum absolute atomic E-state index is 0.195. The quantitative estimate of drug-likeness (QED) is 0.416. The van der Waals surface area contributed by atoms with Gasteiger partial charge in [-0.05, 0) is 79.0 Å². The lowest BCUT2D eigenvalue weighted by molar-refractivity contribution is 0.0600. The molecule has 184 valence electrons. The fraction of sp³-hybridized carbons (Fsp3) is 0.308. The van der Waals surface area contributed by atoms with Crippen molar-refractivity contribution in [2.45, 2.75) is 36.9 Å². The standard InChI is InChI=1S/C26H28ClN3O4S/c1-34-26(31)22-6-4-20(5-7-22)18-30(35(32,33)25-10-8-23(27)9-11-25)24-3-2-16-29(19-24)17-21-12-14-28-15-13-21/h4-15,24H,2-3,16-19H2,1H3. The predicted octanol–water partition coefficient (Wildman–Crippen LogP) is 4.38. The maximum atomic E-state index is 13.8.